The molecule has 0 fully saturated rings. The third kappa shape index (κ3) is 1.20. The van der Waals surface area contributed by atoms with E-state index in [0.717, 1.165) is 11.1 Å². The topological polar surface area (TPSA) is 57.0 Å². The number of aromatic nitrogens is 2. The number of rotatable bonds is 1. The molecule has 2 heterocycles. The quantitative estimate of drug-likeness (QED) is 0.675. The van der Waals surface area contributed by atoms with E-state index >= 15 is 0 Å². The number of nitrogen functional groups attached to an aromatic ring is 1. The van der Waals surface area contributed by atoms with E-state index < -0.39 is 0 Å². The fraction of sp³-hybridized carbons (Fsp3) is 0.0833. The summed E-state index contributed by atoms with van der Waals surface area (Å²) < 4.78 is 7.25. The number of hydrogen-bond donors (Lipinski definition) is 1. The van der Waals surface area contributed by atoms with Crippen LogP contribution in [0.1, 0.15) is 0 Å². The van der Waals surface area contributed by atoms with Gasteiger partial charge in [0.05, 0.1) is 5.52 Å². The maximum atomic E-state index is 5.56. The van der Waals surface area contributed by atoms with E-state index in [9.17, 15) is 0 Å². The van der Waals surface area contributed by atoms with Crippen molar-refractivity contribution in [2.45, 2.75) is 0 Å². The fourth-order valence-electron chi connectivity index (χ4n) is 1.97. The number of aryl methyl sites for hydroxylation is 1. The Morgan fingerprint density at radius 2 is 2.19 bits per heavy atom. The minimum atomic E-state index is 0.404. The lowest BCUT2D eigenvalue weighted by atomic mass is 10.1. The molecule has 0 atom stereocenters. The molecule has 4 heteroatoms. The molecule has 3 aromatic rings. The van der Waals surface area contributed by atoms with Crippen molar-refractivity contribution in [3.05, 3.63) is 36.5 Å². The Balaban J connectivity index is 2.34. The molecular weight excluding hydrogens is 202 g/mol. The van der Waals surface area contributed by atoms with Crippen molar-refractivity contribution in [1.82, 2.24) is 9.72 Å². The zero-order valence-electron chi connectivity index (χ0n) is 8.84. The van der Waals surface area contributed by atoms with E-state index in [1.165, 1.54) is 5.39 Å². The standard InChI is InChI=1S/C12H11N3O/c1-15-6-5-8-3-2-4-9(12(8)15)10-7-11(13)14-16-10/h2-7H,1H3,(H2,13,14). The summed E-state index contributed by atoms with van der Waals surface area (Å²) in [6, 6.07) is 9.87. The summed E-state index contributed by atoms with van der Waals surface area (Å²) in [6.07, 6.45) is 2.02. The Kier molecular flexibility index (Phi) is 1.77. The molecule has 2 aromatic heterocycles. The highest BCUT2D eigenvalue weighted by molar-refractivity contribution is 5.93. The molecule has 3 rings (SSSR count). The molecule has 0 unspecified atom stereocenters. The molecule has 1 aromatic carbocycles. The normalized spacial score (nSPS) is 11.1. The zero-order chi connectivity index (χ0) is 11.1. The van der Waals surface area contributed by atoms with Crippen LogP contribution < -0.4 is 5.73 Å². The van der Waals surface area contributed by atoms with E-state index in [-0.39, 0.29) is 0 Å². The van der Waals surface area contributed by atoms with Crippen molar-refractivity contribution in [2.24, 2.45) is 7.05 Å². The molecule has 0 spiro atoms. The predicted molar refractivity (Wildman–Crippen MR) is 62.8 cm³/mol. The minimum absolute atomic E-state index is 0.404. The van der Waals surface area contributed by atoms with Gasteiger partial charge in [-0.3, -0.25) is 0 Å². The van der Waals surface area contributed by atoms with Crippen LogP contribution in [0.4, 0.5) is 5.82 Å². The van der Waals surface area contributed by atoms with Crippen LogP contribution in [0.25, 0.3) is 22.2 Å². The molecule has 4 nitrogen and oxygen atoms in total. The summed E-state index contributed by atoms with van der Waals surface area (Å²) in [5.74, 6) is 1.10. The smallest absolute Gasteiger partial charge is 0.171 e. The lowest BCUT2D eigenvalue weighted by molar-refractivity contribution is 0.436. The summed E-state index contributed by atoms with van der Waals surface area (Å²) in [6.45, 7) is 0. The van der Waals surface area contributed by atoms with Gasteiger partial charge < -0.3 is 14.8 Å². The second-order valence-corrected chi connectivity index (χ2v) is 3.79. The van der Waals surface area contributed by atoms with Gasteiger partial charge in [-0.25, -0.2) is 0 Å². The van der Waals surface area contributed by atoms with Gasteiger partial charge >= 0.3 is 0 Å². The van der Waals surface area contributed by atoms with Gasteiger partial charge in [0, 0.05) is 30.3 Å². The van der Waals surface area contributed by atoms with Crippen LogP contribution in [0.3, 0.4) is 0 Å². The summed E-state index contributed by atoms with van der Waals surface area (Å²) in [7, 11) is 2.01. The van der Waals surface area contributed by atoms with E-state index in [4.69, 9.17) is 10.3 Å². The maximum absolute atomic E-state index is 5.56. The van der Waals surface area contributed by atoms with E-state index in [1.54, 1.807) is 6.07 Å². The van der Waals surface area contributed by atoms with Crippen molar-refractivity contribution < 1.29 is 4.52 Å². The second kappa shape index (κ2) is 3.13. The molecule has 0 saturated carbocycles. The first-order chi connectivity index (χ1) is 7.75. The molecule has 16 heavy (non-hydrogen) atoms. The number of hydrogen-bond acceptors (Lipinski definition) is 3. The van der Waals surface area contributed by atoms with Crippen LogP contribution in [0.5, 0.6) is 0 Å². The fourth-order valence-corrected chi connectivity index (χ4v) is 1.97. The minimum Gasteiger partial charge on any atom is -0.381 e. The van der Waals surface area contributed by atoms with Gasteiger partial charge in [0.1, 0.15) is 0 Å². The maximum Gasteiger partial charge on any atom is 0.171 e. The Morgan fingerprint density at radius 1 is 1.31 bits per heavy atom. The number of nitrogens with zero attached hydrogens (tertiary/aromatic N) is 2. The van der Waals surface area contributed by atoms with Gasteiger partial charge in [-0.1, -0.05) is 17.3 Å². The lowest BCUT2D eigenvalue weighted by Crippen LogP contribution is -1.87. The van der Waals surface area contributed by atoms with Crippen LogP contribution in [0, 0.1) is 0 Å². The summed E-state index contributed by atoms with van der Waals surface area (Å²) in [5.41, 5.74) is 7.69. The summed E-state index contributed by atoms with van der Waals surface area (Å²) >= 11 is 0. The van der Waals surface area contributed by atoms with Crippen molar-refractivity contribution in [1.29, 1.82) is 0 Å². The molecule has 0 aliphatic rings. The van der Waals surface area contributed by atoms with Crippen LogP contribution in [-0.4, -0.2) is 9.72 Å². The zero-order valence-corrected chi connectivity index (χ0v) is 8.84. The summed E-state index contributed by atoms with van der Waals surface area (Å²) in [4.78, 5) is 0. The predicted octanol–water partition coefficient (Wildman–Crippen LogP) is 2.42. The van der Waals surface area contributed by atoms with Crippen LogP contribution in [0.15, 0.2) is 41.1 Å². The number of fused-ring (bicyclic) bond motifs is 1. The highest BCUT2D eigenvalue weighted by Crippen LogP contribution is 2.29. The number of nitrogens with two attached hydrogens (primary N) is 1. The second-order valence-electron chi connectivity index (χ2n) is 3.79. The van der Waals surface area contributed by atoms with Crippen molar-refractivity contribution in [3.63, 3.8) is 0 Å². The molecule has 0 radical (unpaired) electrons. The molecule has 0 saturated heterocycles. The van der Waals surface area contributed by atoms with Crippen molar-refractivity contribution >= 4 is 16.7 Å². The largest absolute Gasteiger partial charge is 0.381 e. The van der Waals surface area contributed by atoms with Crippen LogP contribution in [-0.2, 0) is 7.05 Å². The highest BCUT2D eigenvalue weighted by Gasteiger charge is 2.10. The van der Waals surface area contributed by atoms with E-state index in [1.807, 2.05) is 25.4 Å². The third-order valence-electron chi connectivity index (χ3n) is 2.69. The highest BCUT2D eigenvalue weighted by atomic mass is 16.5. The third-order valence-corrected chi connectivity index (χ3v) is 2.69. The first-order valence-electron chi connectivity index (χ1n) is 5.02. The first-order valence-corrected chi connectivity index (χ1v) is 5.02. The Hall–Kier alpha value is -2.23. The monoisotopic (exact) mass is 213 g/mol. The van der Waals surface area contributed by atoms with E-state index in [2.05, 4.69) is 21.9 Å². The lowest BCUT2D eigenvalue weighted by Gasteiger charge is -2.02. The van der Waals surface area contributed by atoms with Gasteiger partial charge in [0.25, 0.3) is 0 Å². The molecule has 0 aliphatic carbocycles. The SMILES string of the molecule is Cn1ccc2cccc(-c3cc(N)no3)c21. The Morgan fingerprint density at radius 3 is 2.94 bits per heavy atom. The van der Waals surface area contributed by atoms with Crippen molar-refractivity contribution in [2.75, 3.05) is 5.73 Å². The average molecular weight is 213 g/mol. The van der Waals surface area contributed by atoms with Crippen molar-refractivity contribution in [3.8, 4) is 11.3 Å². The molecule has 80 valence electrons. The Bertz CT molecular complexity index is 651. The van der Waals surface area contributed by atoms with Gasteiger partial charge in [-0.15, -0.1) is 0 Å². The average Bonchev–Trinajstić information content (AvgIpc) is 2.86. The number of benzene rings is 1. The van der Waals surface area contributed by atoms with E-state index in [0.29, 0.717) is 11.6 Å². The van der Waals surface area contributed by atoms with Gasteiger partial charge in [0.15, 0.2) is 11.6 Å². The van der Waals surface area contributed by atoms with Crippen LogP contribution >= 0.6 is 0 Å². The molecular formula is C12H11N3O. The molecule has 2 N–H and O–H groups in total. The van der Waals surface area contributed by atoms with Crippen LogP contribution in [0.2, 0.25) is 0 Å². The molecule has 0 amide bonds. The molecule has 0 bridgehead atoms. The Labute approximate surface area is 92.3 Å². The number of para-hydroxylation sites is 1. The number of anilines is 1. The van der Waals surface area contributed by atoms with Gasteiger partial charge in [-0.05, 0) is 12.1 Å². The van der Waals surface area contributed by atoms with Gasteiger partial charge in [-0.2, -0.15) is 0 Å². The first kappa shape index (κ1) is 9.03. The molecule has 0 aliphatic heterocycles. The van der Waals surface area contributed by atoms with Gasteiger partial charge in [0.2, 0.25) is 0 Å². The summed E-state index contributed by atoms with van der Waals surface area (Å²) in [5, 5.41) is 4.88.